The number of aromatic nitrogens is 3. The van der Waals surface area contributed by atoms with Crippen molar-refractivity contribution in [1.29, 1.82) is 0 Å². The van der Waals surface area contributed by atoms with Crippen molar-refractivity contribution in [3.8, 4) is 0 Å². The van der Waals surface area contributed by atoms with Crippen molar-refractivity contribution in [2.24, 2.45) is 5.92 Å². The minimum absolute atomic E-state index is 0.134. The molecular weight excluding hydrogens is 385 g/mol. The van der Waals surface area contributed by atoms with E-state index in [1.807, 2.05) is 9.80 Å². The molecule has 0 N–H and O–H groups in total. The summed E-state index contributed by atoms with van der Waals surface area (Å²) in [5.74, 6) is 0.324. The molecular formula is C19H25F3N6O. The molecule has 4 heterocycles. The average Bonchev–Trinajstić information content (AvgIpc) is 3.16. The minimum Gasteiger partial charge on any atom is -0.340 e. The molecule has 0 aliphatic carbocycles. The SMILES string of the molecule is CCN1CCN(C(=O)[C@H]2CCCN(c3nnc4ccc(C(F)(F)F)cn34)C2)CC1. The number of hydrogen-bond donors (Lipinski definition) is 0. The third kappa shape index (κ3) is 4.03. The molecule has 2 aliphatic heterocycles. The summed E-state index contributed by atoms with van der Waals surface area (Å²) in [5, 5.41) is 8.11. The molecule has 158 valence electrons. The molecule has 0 aromatic carbocycles. The molecule has 10 heteroatoms. The highest BCUT2D eigenvalue weighted by Gasteiger charge is 2.34. The van der Waals surface area contributed by atoms with E-state index in [0.29, 0.717) is 24.7 Å². The van der Waals surface area contributed by atoms with Crippen LogP contribution in [0.2, 0.25) is 0 Å². The molecule has 2 saturated heterocycles. The molecule has 0 bridgehead atoms. The summed E-state index contributed by atoms with van der Waals surface area (Å²) in [6, 6.07) is 2.32. The number of alkyl halides is 3. The topological polar surface area (TPSA) is 57.0 Å². The predicted octanol–water partition coefficient (Wildman–Crippen LogP) is 2.13. The molecule has 0 saturated carbocycles. The van der Waals surface area contributed by atoms with Gasteiger partial charge in [-0.3, -0.25) is 9.20 Å². The van der Waals surface area contributed by atoms with Crippen LogP contribution in [0.15, 0.2) is 18.3 Å². The Kier molecular flexibility index (Phi) is 5.37. The zero-order chi connectivity index (χ0) is 20.6. The Morgan fingerprint density at radius 3 is 2.59 bits per heavy atom. The van der Waals surface area contributed by atoms with Crippen LogP contribution in [-0.2, 0) is 11.0 Å². The lowest BCUT2D eigenvalue weighted by Crippen LogP contribution is -2.52. The number of amides is 1. The Hall–Kier alpha value is -2.36. The number of piperazine rings is 1. The van der Waals surface area contributed by atoms with Crippen molar-refractivity contribution in [3.05, 3.63) is 23.9 Å². The first-order valence-electron chi connectivity index (χ1n) is 10.0. The number of halogens is 3. The molecule has 1 amide bonds. The highest BCUT2D eigenvalue weighted by Crippen LogP contribution is 2.31. The Morgan fingerprint density at radius 1 is 1.14 bits per heavy atom. The molecule has 2 fully saturated rings. The number of carbonyl (C=O) groups is 1. The molecule has 2 aliphatic rings. The fourth-order valence-electron chi connectivity index (χ4n) is 4.17. The molecule has 0 unspecified atom stereocenters. The minimum atomic E-state index is -4.43. The third-order valence-electron chi connectivity index (χ3n) is 5.90. The van der Waals surface area contributed by atoms with Gasteiger partial charge in [-0.05, 0) is 31.5 Å². The first kappa shape index (κ1) is 19.9. The highest BCUT2D eigenvalue weighted by atomic mass is 19.4. The van der Waals surface area contributed by atoms with Crippen LogP contribution in [0.5, 0.6) is 0 Å². The number of hydrogen-bond acceptors (Lipinski definition) is 5. The summed E-state index contributed by atoms with van der Waals surface area (Å²) < 4.78 is 40.7. The van der Waals surface area contributed by atoms with Crippen molar-refractivity contribution >= 4 is 17.5 Å². The molecule has 7 nitrogen and oxygen atoms in total. The Bertz CT molecular complexity index is 874. The van der Waals surface area contributed by atoms with Gasteiger partial charge in [-0.2, -0.15) is 13.2 Å². The van der Waals surface area contributed by atoms with E-state index < -0.39 is 11.7 Å². The first-order valence-corrected chi connectivity index (χ1v) is 10.0. The van der Waals surface area contributed by atoms with Crippen molar-refractivity contribution < 1.29 is 18.0 Å². The number of nitrogens with zero attached hydrogens (tertiary/aromatic N) is 6. The number of pyridine rings is 1. The van der Waals surface area contributed by atoms with Crippen LogP contribution in [0.4, 0.5) is 19.1 Å². The number of piperidine rings is 1. The Labute approximate surface area is 167 Å². The summed E-state index contributed by atoms with van der Waals surface area (Å²) in [5.41, 5.74) is -0.387. The van der Waals surface area contributed by atoms with E-state index in [9.17, 15) is 18.0 Å². The van der Waals surface area contributed by atoms with Crippen molar-refractivity contribution in [2.45, 2.75) is 25.9 Å². The summed E-state index contributed by atoms with van der Waals surface area (Å²) in [7, 11) is 0. The van der Waals surface area contributed by atoms with Crippen LogP contribution < -0.4 is 4.90 Å². The van der Waals surface area contributed by atoms with Gasteiger partial charge in [0, 0.05) is 45.5 Å². The lowest BCUT2D eigenvalue weighted by molar-refractivity contribution is -0.138. The number of rotatable bonds is 3. The van der Waals surface area contributed by atoms with Gasteiger partial charge in [-0.1, -0.05) is 6.92 Å². The zero-order valence-electron chi connectivity index (χ0n) is 16.4. The van der Waals surface area contributed by atoms with E-state index in [-0.39, 0.29) is 11.8 Å². The van der Waals surface area contributed by atoms with Crippen molar-refractivity contribution in [1.82, 2.24) is 24.4 Å². The van der Waals surface area contributed by atoms with Gasteiger partial charge in [-0.25, -0.2) is 0 Å². The monoisotopic (exact) mass is 410 g/mol. The molecule has 29 heavy (non-hydrogen) atoms. The van der Waals surface area contributed by atoms with Gasteiger partial charge in [0.15, 0.2) is 5.65 Å². The van der Waals surface area contributed by atoms with Gasteiger partial charge in [0.25, 0.3) is 0 Å². The number of carbonyl (C=O) groups excluding carboxylic acids is 1. The standard InChI is InChI=1S/C19H25F3N6O/c1-2-25-8-10-26(11-9-25)17(29)14-4-3-7-27(12-14)18-24-23-16-6-5-15(13-28(16)18)19(20,21)22/h5-6,13-14H,2-4,7-12H2,1H3/t14-/m0/s1. The fourth-order valence-corrected chi connectivity index (χ4v) is 4.17. The number of likely N-dealkylation sites (N-methyl/N-ethyl adjacent to an activating group) is 1. The maximum absolute atomic E-state index is 13.1. The zero-order valence-corrected chi connectivity index (χ0v) is 16.4. The largest absolute Gasteiger partial charge is 0.417 e. The van der Waals surface area contributed by atoms with E-state index in [4.69, 9.17) is 0 Å². The lowest BCUT2D eigenvalue weighted by atomic mass is 9.96. The molecule has 2 aromatic rings. The maximum Gasteiger partial charge on any atom is 0.417 e. The van der Waals surface area contributed by atoms with Gasteiger partial charge < -0.3 is 14.7 Å². The second kappa shape index (κ2) is 7.81. The van der Waals surface area contributed by atoms with Crippen LogP contribution in [0, 0.1) is 5.92 Å². The summed E-state index contributed by atoms with van der Waals surface area (Å²) in [6.45, 7) is 7.41. The van der Waals surface area contributed by atoms with Crippen molar-refractivity contribution in [3.63, 3.8) is 0 Å². The van der Waals surface area contributed by atoms with Crippen LogP contribution in [-0.4, -0.2) is 76.1 Å². The normalized spacial score (nSPS) is 21.7. The summed E-state index contributed by atoms with van der Waals surface area (Å²) >= 11 is 0. The smallest absolute Gasteiger partial charge is 0.340 e. The van der Waals surface area contributed by atoms with Gasteiger partial charge in [0.2, 0.25) is 11.9 Å². The van der Waals surface area contributed by atoms with Crippen LogP contribution in [0.25, 0.3) is 5.65 Å². The van der Waals surface area contributed by atoms with Gasteiger partial charge in [0.1, 0.15) is 0 Å². The quantitative estimate of drug-likeness (QED) is 0.776. The molecule has 0 radical (unpaired) electrons. The summed E-state index contributed by atoms with van der Waals surface area (Å²) in [6.07, 6.45) is -1.83. The Morgan fingerprint density at radius 2 is 1.90 bits per heavy atom. The van der Waals surface area contributed by atoms with E-state index in [1.165, 1.54) is 10.5 Å². The van der Waals surface area contributed by atoms with E-state index in [2.05, 4.69) is 22.0 Å². The van der Waals surface area contributed by atoms with Gasteiger partial charge >= 0.3 is 6.18 Å². The van der Waals surface area contributed by atoms with E-state index in [1.54, 1.807) is 0 Å². The van der Waals surface area contributed by atoms with Crippen molar-refractivity contribution in [2.75, 3.05) is 50.7 Å². The lowest BCUT2D eigenvalue weighted by Gasteiger charge is -2.38. The third-order valence-corrected chi connectivity index (χ3v) is 5.90. The molecule has 4 rings (SSSR count). The molecule has 0 spiro atoms. The maximum atomic E-state index is 13.1. The number of anilines is 1. The predicted molar refractivity (Wildman–Crippen MR) is 102 cm³/mol. The van der Waals surface area contributed by atoms with E-state index in [0.717, 1.165) is 57.8 Å². The highest BCUT2D eigenvalue weighted by molar-refractivity contribution is 5.80. The first-order chi connectivity index (χ1) is 13.9. The van der Waals surface area contributed by atoms with Crippen LogP contribution in [0.1, 0.15) is 25.3 Å². The van der Waals surface area contributed by atoms with Gasteiger partial charge in [-0.15, -0.1) is 10.2 Å². The van der Waals surface area contributed by atoms with Gasteiger partial charge in [0.05, 0.1) is 11.5 Å². The second-order valence-corrected chi connectivity index (χ2v) is 7.69. The summed E-state index contributed by atoms with van der Waals surface area (Å²) in [4.78, 5) is 19.1. The average molecular weight is 410 g/mol. The Balaban J connectivity index is 1.50. The molecule has 2 aromatic heterocycles. The molecule has 1 atom stereocenters. The second-order valence-electron chi connectivity index (χ2n) is 7.69. The van der Waals surface area contributed by atoms with E-state index >= 15 is 0 Å². The van der Waals surface area contributed by atoms with Crippen LogP contribution >= 0.6 is 0 Å². The number of fused-ring (bicyclic) bond motifs is 1. The van der Waals surface area contributed by atoms with Crippen LogP contribution in [0.3, 0.4) is 0 Å². The fraction of sp³-hybridized carbons (Fsp3) is 0.632.